The molecule has 1 atom stereocenters. The van der Waals surface area contributed by atoms with Gasteiger partial charge >= 0.3 is 101 Å². The van der Waals surface area contributed by atoms with Crippen LogP contribution in [-0.2, 0) is 14.3 Å². The second-order valence-corrected chi connectivity index (χ2v) is 5.24. The van der Waals surface area contributed by atoms with Gasteiger partial charge in [0.1, 0.15) is 0 Å². The molecule has 5 heteroatoms. The summed E-state index contributed by atoms with van der Waals surface area (Å²) in [5.41, 5.74) is 0. The molecule has 0 bridgehead atoms. The summed E-state index contributed by atoms with van der Waals surface area (Å²) in [6.45, 7) is 0.362. The van der Waals surface area contributed by atoms with E-state index in [1.807, 2.05) is 0 Å². The fraction of sp³-hybridized carbons (Fsp3) is 0.500. The average molecular weight is 312 g/mol. The Kier molecular flexibility index (Phi) is 3.48. The molecule has 0 amide bonds. The van der Waals surface area contributed by atoms with Crippen LogP contribution in [0.1, 0.15) is 19.3 Å². The quantitative estimate of drug-likeness (QED) is 0.435. The molecular weight excluding hydrogens is 301 g/mol. The van der Waals surface area contributed by atoms with E-state index in [4.69, 9.17) is 9.47 Å². The van der Waals surface area contributed by atoms with E-state index < -0.39 is 0 Å². The number of nitrogens with zero attached hydrogens (tertiary/aromatic N) is 1. The normalized spacial score (nSPS) is 25.1. The van der Waals surface area contributed by atoms with Gasteiger partial charge in [0.15, 0.2) is 0 Å². The maximum absolute atomic E-state index is 10.1. The summed E-state index contributed by atoms with van der Waals surface area (Å²) in [7, 11) is 0. The third kappa shape index (κ3) is 2.63. The van der Waals surface area contributed by atoms with Crippen LogP contribution in [0.2, 0.25) is 0 Å². The van der Waals surface area contributed by atoms with Crippen LogP contribution >= 0.6 is 0 Å². The molecule has 0 spiro atoms. The van der Waals surface area contributed by atoms with E-state index in [1.54, 1.807) is 6.08 Å². The second-order valence-electron chi connectivity index (χ2n) is 3.55. The number of rotatable bonds is 2. The molecule has 0 aromatic rings. The van der Waals surface area contributed by atoms with Crippen LogP contribution in [0.25, 0.3) is 0 Å². The number of aliphatic imine (C=N–C) groups is 1. The van der Waals surface area contributed by atoms with Crippen molar-refractivity contribution in [3.63, 3.8) is 0 Å². The average Bonchev–Trinajstić information content (AvgIpc) is 2.65. The molecular formula is C10H11NO3Sn. The van der Waals surface area contributed by atoms with Gasteiger partial charge in [0, 0.05) is 0 Å². The first-order valence-electron chi connectivity index (χ1n) is 4.82. The molecule has 0 N–H and O–H groups in total. The van der Waals surface area contributed by atoms with Crippen molar-refractivity contribution in [2.45, 2.75) is 19.3 Å². The second kappa shape index (κ2) is 4.85. The number of ether oxygens (including phenoxy) is 2. The molecule has 1 aliphatic heterocycles. The van der Waals surface area contributed by atoms with Gasteiger partial charge in [0.2, 0.25) is 0 Å². The van der Waals surface area contributed by atoms with Gasteiger partial charge in [-0.2, -0.15) is 0 Å². The molecule has 0 aromatic carbocycles. The maximum atomic E-state index is 10.1. The van der Waals surface area contributed by atoms with Crippen molar-refractivity contribution in [2.75, 3.05) is 6.79 Å². The van der Waals surface area contributed by atoms with Crippen molar-refractivity contribution in [1.82, 2.24) is 0 Å². The minimum atomic E-state index is 0.362. The van der Waals surface area contributed by atoms with Crippen molar-refractivity contribution in [3.05, 3.63) is 21.3 Å². The van der Waals surface area contributed by atoms with Crippen molar-refractivity contribution in [3.8, 4) is 0 Å². The Hall–Kier alpha value is -0.741. The van der Waals surface area contributed by atoms with Crippen LogP contribution in [0.3, 0.4) is 0 Å². The fourth-order valence-corrected chi connectivity index (χ4v) is 2.77. The van der Waals surface area contributed by atoms with Gasteiger partial charge in [0.05, 0.1) is 0 Å². The molecule has 1 heterocycles. The van der Waals surface area contributed by atoms with Gasteiger partial charge in [-0.05, 0) is 0 Å². The van der Waals surface area contributed by atoms with Gasteiger partial charge in [-0.25, -0.2) is 0 Å². The molecule has 1 aliphatic carbocycles. The Bertz CT molecular complexity index is 369. The van der Waals surface area contributed by atoms with E-state index in [9.17, 15) is 4.79 Å². The SMILES string of the molecule is O=C=N/[C]([SnH])=C\C1CCC2=C(C1)OCO2. The topological polar surface area (TPSA) is 47.9 Å². The van der Waals surface area contributed by atoms with Crippen LogP contribution in [0.15, 0.2) is 26.3 Å². The fourth-order valence-electron chi connectivity index (χ4n) is 1.85. The monoisotopic (exact) mass is 313 g/mol. The summed E-state index contributed by atoms with van der Waals surface area (Å²) < 4.78 is 11.5. The molecule has 2 radical (unpaired) electrons. The first-order chi connectivity index (χ1) is 7.29. The number of hydrogen-bond acceptors (Lipinski definition) is 4. The third-order valence-corrected chi connectivity index (χ3v) is 3.47. The summed E-state index contributed by atoms with van der Waals surface area (Å²) in [5, 5.41) is 0. The third-order valence-electron chi connectivity index (χ3n) is 2.55. The van der Waals surface area contributed by atoms with Crippen LogP contribution in [0, 0.1) is 5.92 Å². The first-order valence-corrected chi connectivity index (χ1v) is 6.47. The molecule has 0 aromatic heterocycles. The molecule has 0 saturated carbocycles. The van der Waals surface area contributed by atoms with Crippen molar-refractivity contribution < 1.29 is 14.3 Å². The predicted octanol–water partition coefficient (Wildman–Crippen LogP) is 1.08. The number of isocyanates is 1. The Morgan fingerprint density at radius 3 is 3.13 bits per heavy atom. The summed E-state index contributed by atoms with van der Waals surface area (Å²) in [6.07, 6.45) is 6.47. The Morgan fingerprint density at radius 2 is 2.33 bits per heavy atom. The molecule has 2 aliphatic rings. The van der Waals surface area contributed by atoms with Crippen molar-refractivity contribution in [2.24, 2.45) is 10.9 Å². The summed E-state index contributed by atoms with van der Waals surface area (Å²) in [6, 6.07) is 0. The van der Waals surface area contributed by atoms with E-state index >= 15 is 0 Å². The molecule has 4 nitrogen and oxygen atoms in total. The van der Waals surface area contributed by atoms with Crippen LogP contribution in [0.5, 0.6) is 0 Å². The zero-order chi connectivity index (χ0) is 10.7. The molecule has 78 valence electrons. The van der Waals surface area contributed by atoms with E-state index in [0.717, 1.165) is 57.0 Å². The van der Waals surface area contributed by atoms with Crippen molar-refractivity contribution >= 4 is 28.6 Å². The van der Waals surface area contributed by atoms with Crippen LogP contribution in [0.4, 0.5) is 0 Å². The van der Waals surface area contributed by atoms with Crippen LogP contribution in [-0.4, -0.2) is 35.4 Å². The van der Waals surface area contributed by atoms with Gasteiger partial charge in [-0.15, -0.1) is 0 Å². The first kappa shape index (κ1) is 10.8. The van der Waals surface area contributed by atoms with E-state index in [1.165, 1.54) is 0 Å². The van der Waals surface area contributed by atoms with Crippen molar-refractivity contribution in [1.29, 1.82) is 0 Å². The summed E-state index contributed by atoms with van der Waals surface area (Å²) >= 11 is 0.847. The zero-order valence-corrected chi connectivity index (χ0v) is 11.5. The Morgan fingerprint density at radius 1 is 1.53 bits per heavy atom. The van der Waals surface area contributed by atoms with Gasteiger partial charge < -0.3 is 0 Å². The number of carbonyl (C=O) groups excluding carboxylic acids is 1. The molecule has 1 unspecified atom stereocenters. The van der Waals surface area contributed by atoms with Gasteiger partial charge in [0.25, 0.3) is 0 Å². The molecule has 2 rings (SSSR count). The van der Waals surface area contributed by atoms with E-state index in [-0.39, 0.29) is 0 Å². The van der Waals surface area contributed by atoms with E-state index in [2.05, 4.69) is 11.1 Å². The standard InChI is InChI=1S/C10H10NO3.Sn.H/c12-6-11-4-3-8-1-2-9-10(5-8)14-7-13-9;;/h3,8H,1-2,5,7H2;;. The van der Waals surface area contributed by atoms with Gasteiger partial charge in [-0.1, -0.05) is 0 Å². The zero-order valence-electron chi connectivity index (χ0n) is 8.23. The minimum absolute atomic E-state index is 0.362. The Labute approximate surface area is 101 Å². The molecule has 15 heavy (non-hydrogen) atoms. The predicted molar refractivity (Wildman–Crippen MR) is 54.8 cm³/mol. The summed E-state index contributed by atoms with van der Waals surface area (Å²) in [5.74, 6) is 2.41. The van der Waals surface area contributed by atoms with E-state index in [0.29, 0.717) is 12.7 Å². The molecule has 0 saturated heterocycles. The van der Waals surface area contributed by atoms with Crippen LogP contribution < -0.4 is 0 Å². The molecule has 0 fully saturated rings. The van der Waals surface area contributed by atoms with Gasteiger partial charge in [-0.3, -0.25) is 0 Å². The number of allylic oxidation sites excluding steroid dienone is 3. The Balaban J connectivity index is 2.03. The number of hydrogen-bond donors (Lipinski definition) is 0. The summed E-state index contributed by atoms with van der Waals surface area (Å²) in [4.78, 5) is 13.7.